The third kappa shape index (κ3) is 3.54. The highest BCUT2D eigenvalue weighted by Gasteiger charge is 2.14. The third-order valence-electron chi connectivity index (χ3n) is 1.80. The number of carbonyl (C=O) groups is 1. The van der Waals surface area contributed by atoms with Crippen molar-refractivity contribution < 1.29 is 14.4 Å². The van der Waals surface area contributed by atoms with Gasteiger partial charge in [0.1, 0.15) is 0 Å². The second-order valence-electron chi connectivity index (χ2n) is 3.49. The molecule has 0 saturated heterocycles. The minimum Gasteiger partial charge on any atom is -0.480 e. The first-order valence-corrected chi connectivity index (χ1v) is 5.72. The van der Waals surface area contributed by atoms with Crippen molar-refractivity contribution in [3.8, 4) is 0 Å². The van der Waals surface area contributed by atoms with Gasteiger partial charge in [0.2, 0.25) is 5.89 Å². The predicted octanol–water partition coefficient (Wildman–Crippen LogP) is 1.90. The zero-order chi connectivity index (χ0) is 11.4. The van der Waals surface area contributed by atoms with Crippen LogP contribution in [-0.4, -0.2) is 26.5 Å². The molecular formula is C9H14N2O3S. The highest BCUT2D eigenvalue weighted by Crippen LogP contribution is 2.18. The van der Waals surface area contributed by atoms with Crippen LogP contribution in [0.5, 0.6) is 0 Å². The number of aliphatic carboxylic acids is 1. The molecule has 0 aliphatic carbocycles. The molecule has 84 valence electrons. The quantitative estimate of drug-likeness (QED) is 0.832. The van der Waals surface area contributed by atoms with Crippen LogP contribution < -0.4 is 0 Å². The number of nitrogens with zero attached hydrogens (tertiary/aromatic N) is 2. The van der Waals surface area contributed by atoms with E-state index < -0.39 is 11.2 Å². The van der Waals surface area contributed by atoms with E-state index in [1.807, 2.05) is 13.8 Å². The smallest absolute Gasteiger partial charge is 0.316 e. The second-order valence-corrected chi connectivity index (χ2v) is 4.82. The van der Waals surface area contributed by atoms with Gasteiger partial charge in [-0.1, -0.05) is 19.0 Å². The molecule has 0 bridgehead atoms. The summed E-state index contributed by atoms with van der Waals surface area (Å²) in [5, 5.41) is 12.0. The number of rotatable bonds is 5. The first kappa shape index (κ1) is 12.0. The van der Waals surface area contributed by atoms with Gasteiger partial charge in [-0.3, -0.25) is 4.79 Å². The van der Waals surface area contributed by atoms with Crippen LogP contribution >= 0.6 is 11.8 Å². The molecule has 0 spiro atoms. The Kier molecular flexibility index (Phi) is 4.14. The fourth-order valence-corrected chi connectivity index (χ4v) is 1.48. The van der Waals surface area contributed by atoms with E-state index in [-0.39, 0.29) is 5.92 Å². The van der Waals surface area contributed by atoms with Crippen molar-refractivity contribution in [1.82, 2.24) is 10.1 Å². The van der Waals surface area contributed by atoms with E-state index in [1.54, 1.807) is 6.92 Å². The van der Waals surface area contributed by atoms with E-state index in [0.717, 1.165) is 0 Å². The average molecular weight is 230 g/mol. The molecule has 15 heavy (non-hydrogen) atoms. The van der Waals surface area contributed by atoms with Crippen LogP contribution in [0.15, 0.2) is 4.52 Å². The summed E-state index contributed by atoms with van der Waals surface area (Å²) < 4.78 is 4.98. The van der Waals surface area contributed by atoms with E-state index in [4.69, 9.17) is 9.63 Å². The van der Waals surface area contributed by atoms with E-state index in [2.05, 4.69) is 10.1 Å². The summed E-state index contributed by atoms with van der Waals surface area (Å²) in [4.78, 5) is 14.7. The summed E-state index contributed by atoms with van der Waals surface area (Å²) in [6, 6.07) is 0. The first-order valence-electron chi connectivity index (χ1n) is 4.67. The molecule has 1 rings (SSSR count). The van der Waals surface area contributed by atoms with Crippen LogP contribution in [0.1, 0.15) is 38.4 Å². The number of thioether (sulfide) groups is 1. The zero-order valence-corrected chi connectivity index (χ0v) is 9.74. The molecule has 0 aliphatic rings. The maximum absolute atomic E-state index is 10.5. The Balaban J connectivity index is 2.47. The first-order chi connectivity index (χ1) is 7.00. The average Bonchev–Trinajstić information content (AvgIpc) is 2.62. The van der Waals surface area contributed by atoms with Crippen LogP contribution in [0, 0.1) is 0 Å². The Hall–Kier alpha value is -1.04. The summed E-state index contributed by atoms with van der Waals surface area (Å²) in [6.07, 6.45) is 0. The van der Waals surface area contributed by atoms with Gasteiger partial charge in [-0.25, -0.2) is 0 Å². The lowest BCUT2D eigenvalue weighted by atomic mass is 10.2. The minimum atomic E-state index is -0.830. The van der Waals surface area contributed by atoms with E-state index in [9.17, 15) is 4.79 Å². The summed E-state index contributed by atoms with van der Waals surface area (Å²) in [5.74, 6) is 0.978. The fraction of sp³-hybridized carbons (Fsp3) is 0.667. The number of hydrogen-bond acceptors (Lipinski definition) is 5. The SMILES string of the molecule is CC(SCc1nc(C(C)C)no1)C(=O)O. The molecule has 0 amide bonds. The molecule has 1 N–H and O–H groups in total. The normalized spacial score (nSPS) is 13.1. The van der Waals surface area contributed by atoms with Gasteiger partial charge in [0.05, 0.1) is 11.0 Å². The van der Waals surface area contributed by atoms with Gasteiger partial charge in [-0.2, -0.15) is 4.98 Å². The van der Waals surface area contributed by atoms with Gasteiger partial charge < -0.3 is 9.63 Å². The number of aromatic nitrogens is 2. The second kappa shape index (κ2) is 5.16. The highest BCUT2D eigenvalue weighted by molar-refractivity contribution is 7.99. The fourth-order valence-electron chi connectivity index (χ4n) is 0.829. The largest absolute Gasteiger partial charge is 0.480 e. The van der Waals surface area contributed by atoms with Crippen molar-refractivity contribution in [2.45, 2.75) is 37.7 Å². The highest BCUT2D eigenvalue weighted by atomic mass is 32.2. The lowest BCUT2D eigenvalue weighted by Crippen LogP contribution is -2.11. The zero-order valence-electron chi connectivity index (χ0n) is 8.93. The van der Waals surface area contributed by atoms with Gasteiger partial charge in [-0.15, -0.1) is 11.8 Å². The van der Waals surface area contributed by atoms with Crippen LogP contribution in [0.25, 0.3) is 0 Å². The minimum absolute atomic E-state index is 0.226. The summed E-state index contributed by atoms with van der Waals surface area (Å²) in [7, 11) is 0. The van der Waals surface area contributed by atoms with Crippen molar-refractivity contribution in [1.29, 1.82) is 0 Å². The molecule has 0 aromatic carbocycles. The van der Waals surface area contributed by atoms with E-state index in [0.29, 0.717) is 17.5 Å². The van der Waals surface area contributed by atoms with Crippen LogP contribution in [0.4, 0.5) is 0 Å². The Morgan fingerprint density at radius 3 is 2.67 bits per heavy atom. The standard InChI is InChI=1S/C9H14N2O3S/c1-5(2)8-10-7(14-11-8)4-15-6(3)9(12)13/h5-6H,4H2,1-3H3,(H,12,13). The van der Waals surface area contributed by atoms with Crippen molar-refractivity contribution in [3.05, 3.63) is 11.7 Å². The third-order valence-corrected chi connectivity index (χ3v) is 2.92. The molecule has 0 radical (unpaired) electrons. The molecule has 0 saturated carbocycles. The molecule has 1 aromatic heterocycles. The molecule has 1 aromatic rings. The van der Waals surface area contributed by atoms with Gasteiger partial charge >= 0.3 is 5.97 Å². The Bertz CT molecular complexity index is 338. The summed E-state index contributed by atoms with van der Waals surface area (Å²) in [5.41, 5.74) is 0. The molecule has 6 heteroatoms. The summed E-state index contributed by atoms with van der Waals surface area (Å²) in [6.45, 7) is 5.58. The van der Waals surface area contributed by atoms with Crippen LogP contribution in [0.3, 0.4) is 0 Å². The van der Waals surface area contributed by atoms with Crippen molar-refractivity contribution in [2.24, 2.45) is 0 Å². The maximum Gasteiger partial charge on any atom is 0.316 e. The van der Waals surface area contributed by atoms with Crippen molar-refractivity contribution in [3.63, 3.8) is 0 Å². The molecule has 1 heterocycles. The molecule has 0 aliphatic heterocycles. The summed E-state index contributed by atoms with van der Waals surface area (Å²) >= 11 is 1.27. The van der Waals surface area contributed by atoms with Gasteiger partial charge in [0, 0.05) is 5.92 Å². The van der Waals surface area contributed by atoms with Gasteiger partial charge in [-0.05, 0) is 6.92 Å². The molecule has 5 nitrogen and oxygen atoms in total. The van der Waals surface area contributed by atoms with Crippen molar-refractivity contribution >= 4 is 17.7 Å². The Labute approximate surface area is 92.2 Å². The molecule has 0 fully saturated rings. The number of carboxylic acids is 1. The molecule has 1 unspecified atom stereocenters. The monoisotopic (exact) mass is 230 g/mol. The van der Waals surface area contributed by atoms with Crippen LogP contribution in [0.2, 0.25) is 0 Å². The van der Waals surface area contributed by atoms with E-state index in [1.165, 1.54) is 11.8 Å². The molecular weight excluding hydrogens is 216 g/mol. The van der Waals surface area contributed by atoms with Gasteiger partial charge in [0.25, 0.3) is 0 Å². The van der Waals surface area contributed by atoms with Gasteiger partial charge in [0.15, 0.2) is 5.82 Å². The lowest BCUT2D eigenvalue weighted by Gasteiger charge is -2.01. The topological polar surface area (TPSA) is 76.2 Å². The number of carboxylic acid groups (broad SMARTS) is 1. The number of hydrogen-bond donors (Lipinski definition) is 1. The van der Waals surface area contributed by atoms with Crippen molar-refractivity contribution in [2.75, 3.05) is 0 Å². The predicted molar refractivity (Wildman–Crippen MR) is 56.8 cm³/mol. The maximum atomic E-state index is 10.5. The lowest BCUT2D eigenvalue weighted by molar-refractivity contribution is -0.136. The van der Waals surface area contributed by atoms with Crippen LogP contribution in [-0.2, 0) is 10.5 Å². The van der Waals surface area contributed by atoms with E-state index >= 15 is 0 Å². The Morgan fingerprint density at radius 2 is 2.20 bits per heavy atom. The Morgan fingerprint density at radius 1 is 1.53 bits per heavy atom. The molecule has 1 atom stereocenters.